The largest absolute Gasteiger partial charge is 0.451 e. The Hall–Kier alpha value is -1.56. The second-order valence-electron chi connectivity index (χ2n) is 9.93. The van der Waals surface area contributed by atoms with Gasteiger partial charge in [-0.15, -0.1) is 11.8 Å². The van der Waals surface area contributed by atoms with Gasteiger partial charge in [0.2, 0.25) is 11.8 Å². The van der Waals surface area contributed by atoms with Crippen LogP contribution >= 0.6 is 35.0 Å². The smallest absolute Gasteiger partial charge is 0.383 e. The lowest BCUT2D eigenvalue weighted by Gasteiger charge is -2.22. The van der Waals surface area contributed by atoms with E-state index in [1.165, 1.54) is 11.3 Å². The van der Waals surface area contributed by atoms with Crippen LogP contribution in [-0.2, 0) is 20.7 Å². The lowest BCUT2D eigenvalue weighted by molar-refractivity contribution is -0.120. The Morgan fingerprint density at radius 3 is 2.50 bits per heavy atom. The van der Waals surface area contributed by atoms with Crippen LogP contribution in [0.25, 0.3) is 0 Å². The van der Waals surface area contributed by atoms with Gasteiger partial charge in [-0.2, -0.15) is 0 Å². The van der Waals surface area contributed by atoms with Gasteiger partial charge < -0.3 is 14.5 Å². The zero-order valence-corrected chi connectivity index (χ0v) is 23.7. The number of carbonyl (C=O) groups is 2. The minimum atomic E-state index is -0.522. The molecule has 2 aromatic rings. The SMILES string of the molecule is CCC(CCN(C)SC(=O)OC(C)(C)C)C(=O)Nc1ncc(SCc2ncc(C(C)(C)C)o2)s1. The molecular weight excluding hydrogens is 492 g/mol. The molecule has 34 heavy (non-hydrogen) atoms. The summed E-state index contributed by atoms with van der Waals surface area (Å²) in [4.78, 5) is 33.4. The van der Waals surface area contributed by atoms with Gasteiger partial charge in [-0.25, -0.2) is 19.1 Å². The average molecular weight is 529 g/mol. The molecule has 2 rings (SSSR count). The van der Waals surface area contributed by atoms with Gasteiger partial charge in [0.05, 0.1) is 22.4 Å². The van der Waals surface area contributed by atoms with Crippen LogP contribution in [0.5, 0.6) is 0 Å². The molecule has 0 bridgehead atoms. The number of anilines is 1. The summed E-state index contributed by atoms with van der Waals surface area (Å²) in [7, 11) is 1.82. The molecular formula is C23H36N4O4S3. The van der Waals surface area contributed by atoms with Crippen LogP contribution in [0.2, 0.25) is 0 Å². The van der Waals surface area contributed by atoms with E-state index >= 15 is 0 Å². The van der Waals surface area contributed by atoms with E-state index in [2.05, 4.69) is 36.1 Å². The second-order valence-corrected chi connectivity index (χ2v) is 13.4. The Balaban J connectivity index is 1.80. The Labute approximate surface area is 215 Å². The number of oxazole rings is 1. The van der Waals surface area contributed by atoms with Gasteiger partial charge in [0.1, 0.15) is 11.4 Å². The number of hydrogen-bond acceptors (Lipinski definition) is 10. The molecule has 0 saturated carbocycles. The van der Waals surface area contributed by atoms with Crippen LogP contribution in [0.4, 0.5) is 9.93 Å². The summed E-state index contributed by atoms with van der Waals surface area (Å²) in [5.74, 6) is 1.90. The highest BCUT2D eigenvalue weighted by molar-refractivity contribution is 8.11. The highest BCUT2D eigenvalue weighted by Gasteiger charge is 2.22. The topological polar surface area (TPSA) is 97.6 Å². The first-order valence-electron chi connectivity index (χ1n) is 11.2. The van der Waals surface area contributed by atoms with Crippen molar-refractivity contribution in [2.45, 2.75) is 82.3 Å². The van der Waals surface area contributed by atoms with Crippen molar-refractivity contribution in [1.29, 1.82) is 0 Å². The zero-order chi connectivity index (χ0) is 25.5. The highest BCUT2D eigenvalue weighted by atomic mass is 32.2. The Bertz CT molecular complexity index is 947. The van der Waals surface area contributed by atoms with Crippen molar-refractivity contribution in [3.63, 3.8) is 0 Å². The molecule has 2 heterocycles. The Morgan fingerprint density at radius 1 is 1.21 bits per heavy atom. The summed E-state index contributed by atoms with van der Waals surface area (Å²) < 4.78 is 13.9. The molecule has 0 aromatic carbocycles. The molecule has 0 saturated heterocycles. The third-order valence-corrected chi connectivity index (χ3v) is 7.44. The number of thiazole rings is 1. The lowest BCUT2D eigenvalue weighted by Crippen LogP contribution is -2.27. The third-order valence-electron chi connectivity index (χ3n) is 4.62. The van der Waals surface area contributed by atoms with E-state index in [1.807, 2.05) is 34.7 Å². The van der Waals surface area contributed by atoms with Gasteiger partial charge in [0.15, 0.2) is 5.13 Å². The molecule has 1 amide bonds. The highest BCUT2D eigenvalue weighted by Crippen LogP contribution is 2.32. The number of hydrogen-bond donors (Lipinski definition) is 1. The van der Waals surface area contributed by atoms with Crippen LogP contribution in [0.15, 0.2) is 21.0 Å². The van der Waals surface area contributed by atoms with Gasteiger partial charge in [0.25, 0.3) is 0 Å². The fraction of sp³-hybridized carbons (Fsp3) is 0.652. The number of ether oxygens (including phenoxy) is 1. The van der Waals surface area contributed by atoms with Gasteiger partial charge in [-0.1, -0.05) is 39.0 Å². The molecule has 0 fully saturated rings. The van der Waals surface area contributed by atoms with Crippen molar-refractivity contribution in [3.8, 4) is 0 Å². The maximum atomic E-state index is 12.8. The molecule has 1 unspecified atom stereocenters. The number of amides is 1. The number of rotatable bonds is 10. The van der Waals surface area contributed by atoms with Gasteiger partial charge in [-0.3, -0.25) is 4.79 Å². The fourth-order valence-electron chi connectivity index (χ4n) is 2.75. The second kappa shape index (κ2) is 12.4. The summed E-state index contributed by atoms with van der Waals surface area (Å²) in [5.41, 5.74) is -0.595. The van der Waals surface area contributed by atoms with Crippen LogP contribution in [0.3, 0.4) is 0 Å². The van der Waals surface area contributed by atoms with Gasteiger partial charge in [0, 0.05) is 29.8 Å². The molecule has 11 heteroatoms. The number of thioether (sulfide) groups is 1. The van der Waals surface area contributed by atoms with Crippen LogP contribution in [-0.4, -0.2) is 44.7 Å². The first-order chi connectivity index (χ1) is 15.8. The molecule has 0 radical (unpaired) electrons. The van der Waals surface area contributed by atoms with Crippen molar-refractivity contribution < 1.29 is 18.7 Å². The normalized spacial score (nSPS) is 13.2. The van der Waals surface area contributed by atoms with E-state index < -0.39 is 5.60 Å². The summed E-state index contributed by atoms with van der Waals surface area (Å²) in [5, 5.41) is 3.16. The van der Waals surface area contributed by atoms with E-state index in [0.717, 1.165) is 21.9 Å². The predicted octanol–water partition coefficient (Wildman–Crippen LogP) is 6.59. The van der Waals surface area contributed by atoms with Crippen molar-refractivity contribution in [1.82, 2.24) is 14.3 Å². The van der Waals surface area contributed by atoms with E-state index in [1.54, 1.807) is 28.5 Å². The van der Waals surface area contributed by atoms with Crippen molar-refractivity contribution in [3.05, 3.63) is 24.0 Å². The number of carbonyl (C=O) groups excluding carboxylic acids is 2. The zero-order valence-electron chi connectivity index (χ0n) is 21.3. The minimum Gasteiger partial charge on any atom is -0.451 e. The van der Waals surface area contributed by atoms with Crippen molar-refractivity contribution in [2.75, 3.05) is 18.9 Å². The molecule has 0 aliphatic rings. The summed E-state index contributed by atoms with van der Waals surface area (Å²) in [6.07, 6.45) is 4.86. The van der Waals surface area contributed by atoms with Gasteiger partial charge in [-0.05, 0) is 40.7 Å². The molecule has 0 spiro atoms. The first-order valence-corrected chi connectivity index (χ1v) is 13.8. The molecule has 2 aromatic heterocycles. The monoisotopic (exact) mass is 528 g/mol. The van der Waals surface area contributed by atoms with Crippen LogP contribution in [0.1, 0.15) is 73.0 Å². The van der Waals surface area contributed by atoms with E-state index in [9.17, 15) is 9.59 Å². The number of aromatic nitrogens is 2. The molecule has 1 N–H and O–H groups in total. The molecule has 8 nitrogen and oxygen atoms in total. The minimum absolute atomic E-state index is 0.0633. The van der Waals surface area contributed by atoms with E-state index in [0.29, 0.717) is 36.2 Å². The maximum absolute atomic E-state index is 12.8. The molecule has 190 valence electrons. The van der Waals surface area contributed by atoms with E-state index in [-0.39, 0.29) is 22.5 Å². The summed E-state index contributed by atoms with van der Waals surface area (Å²) in [6, 6.07) is 0. The average Bonchev–Trinajstić information content (AvgIpc) is 3.34. The third kappa shape index (κ3) is 9.97. The first kappa shape index (κ1) is 28.7. The lowest BCUT2D eigenvalue weighted by atomic mass is 9.94. The quantitative estimate of drug-likeness (QED) is 0.208. The maximum Gasteiger partial charge on any atom is 0.383 e. The van der Waals surface area contributed by atoms with Crippen molar-refractivity contribution >= 4 is 51.4 Å². The van der Waals surface area contributed by atoms with Crippen molar-refractivity contribution in [2.24, 2.45) is 5.92 Å². The van der Waals surface area contributed by atoms with Crippen LogP contribution in [0, 0.1) is 5.92 Å². The Kier molecular flexibility index (Phi) is 10.5. The Morgan fingerprint density at radius 2 is 1.91 bits per heavy atom. The number of nitrogens with one attached hydrogen (secondary N) is 1. The van der Waals surface area contributed by atoms with Gasteiger partial charge >= 0.3 is 5.30 Å². The van der Waals surface area contributed by atoms with Crippen LogP contribution < -0.4 is 5.32 Å². The predicted molar refractivity (Wildman–Crippen MR) is 140 cm³/mol. The number of nitrogens with zero attached hydrogens (tertiary/aromatic N) is 3. The fourth-order valence-corrected chi connectivity index (χ4v) is 5.21. The molecule has 0 aliphatic carbocycles. The standard InChI is InChI=1S/C23H36N4O4S3/c1-9-15(10-11-27(8)34-21(29)31-23(5,6)7)19(28)26-20-25-13-18(33-20)32-14-17-24-12-16(30-17)22(2,3)4/h12-13,15H,9-11,14H2,1-8H3,(H,25,26,28). The summed E-state index contributed by atoms with van der Waals surface area (Å²) >= 11 is 4.03. The molecule has 0 aliphatic heterocycles. The summed E-state index contributed by atoms with van der Waals surface area (Å²) in [6.45, 7) is 14.3. The van der Waals surface area contributed by atoms with E-state index in [4.69, 9.17) is 9.15 Å². The molecule has 1 atom stereocenters.